The summed E-state index contributed by atoms with van der Waals surface area (Å²) in [5, 5.41) is 13.6. The molecule has 0 amide bonds. The van der Waals surface area contributed by atoms with Crippen molar-refractivity contribution in [2.75, 3.05) is 6.61 Å². The first-order chi connectivity index (χ1) is 11.6. The van der Waals surface area contributed by atoms with E-state index in [1.165, 1.54) is 30.3 Å². The molecule has 0 radical (unpaired) electrons. The number of ether oxygens (including phenoxy) is 1. The lowest BCUT2D eigenvalue weighted by Crippen LogP contribution is -2.14. The summed E-state index contributed by atoms with van der Waals surface area (Å²) in [6.45, 7) is 1.16. The molecule has 0 fully saturated rings. The van der Waals surface area contributed by atoms with Gasteiger partial charge in [0.05, 0.1) is 5.02 Å². The third-order valence-electron chi connectivity index (χ3n) is 3.29. The zero-order valence-electron chi connectivity index (χ0n) is 13.0. The molecule has 3 N–H and O–H groups in total. The molecule has 0 aromatic heterocycles. The Bertz CT molecular complexity index is 955. The van der Waals surface area contributed by atoms with E-state index in [9.17, 15) is 18.0 Å². The number of aliphatic carboxylic acids is 1. The van der Waals surface area contributed by atoms with Gasteiger partial charge in [0, 0.05) is 11.1 Å². The Morgan fingerprint density at radius 1 is 1.16 bits per heavy atom. The Morgan fingerprint density at radius 3 is 2.32 bits per heavy atom. The molecule has 0 saturated carbocycles. The van der Waals surface area contributed by atoms with Crippen LogP contribution < -0.4 is 9.88 Å². The van der Waals surface area contributed by atoms with Crippen molar-refractivity contribution >= 4 is 33.4 Å². The Kier molecular flexibility index (Phi) is 5.46. The summed E-state index contributed by atoms with van der Waals surface area (Å²) < 4.78 is 28.1. The molecule has 0 bridgehead atoms. The second-order valence-electron chi connectivity index (χ2n) is 5.18. The van der Waals surface area contributed by atoms with Crippen LogP contribution in [0.15, 0.2) is 41.3 Å². The number of sulfonamides is 1. The van der Waals surface area contributed by atoms with E-state index in [1.54, 1.807) is 6.92 Å². The lowest BCUT2D eigenvalue weighted by atomic mass is 10.0. The maximum absolute atomic E-state index is 12.6. The fourth-order valence-electron chi connectivity index (χ4n) is 2.12. The number of aryl methyl sites for hydroxylation is 1. The molecule has 0 spiro atoms. The molecule has 0 aliphatic heterocycles. The highest BCUT2D eigenvalue weighted by Gasteiger charge is 2.18. The molecule has 0 aliphatic rings. The molecule has 0 unspecified atom stereocenters. The summed E-state index contributed by atoms with van der Waals surface area (Å²) in [5.41, 5.74) is 0.947. The van der Waals surface area contributed by atoms with Gasteiger partial charge >= 0.3 is 5.97 Å². The van der Waals surface area contributed by atoms with Crippen molar-refractivity contribution in [3.8, 4) is 5.75 Å². The number of carbonyl (C=O) groups excluding carboxylic acids is 1. The molecule has 0 heterocycles. The van der Waals surface area contributed by atoms with E-state index in [0.29, 0.717) is 11.3 Å². The number of carboxylic acids is 1. The summed E-state index contributed by atoms with van der Waals surface area (Å²) in [4.78, 5) is 22.8. The van der Waals surface area contributed by atoms with Gasteiger partial charge in [0.2, 0.25) is 10.0 Å². The maximum Gasteiger partial charge on any atom is 0.341 e. The van der Waals surface area contributed by atoms with Crippen LogP contribution in [0.5, 0.6) is 5.75 Å². The zero-order valence-corrected chi connectivity index (χ0v) is 14.6. The predicted octanol–water partition coefficient (Wildman–Crippen LogP) is 1.99. The van der Waals surface area contributed by atoms with E-state index in [-0.39, 0.29) is 21.0 Å². The highest BCUT2D eigenvalue weighted by atomic mass is 35.5. The molecule has 2 rings (SSSR count). The number of hydrogen-bond acceptors (Lipinski definition) is 5. The molecule has 2 aromatic rings. The van der Waals surface area contributed by atoms with Gasteiger partial charge in [-0.25, -0.2) is 18.4 Å². The van der Waals surface area contributed by atoms with Gasteiger partial charge in [-0.2, -0.15) is 0 Å². The summed E-state index contributed by atoms with van der Waals surface area (Å²) in [6, 6.07) is 8.24. The number of benzene rings is 2. The summed E-state index contributed by atoms with van der Waals surface area (Å²) in [6.07, 6.45) is 0. The van der Waals surface area contributed by atoms with Gasteiger partial charge in [0.15, 0.2) is 12.4 Å². The van der Waals surface area contributed by atoms with E-state index in [2.05, 4.69) is 0 Å². The van der Waals surface area contributed by atoms with Gasteiger partial charge in [-0.05, 0) is 48.9 Å². The average molecular weight is 384 g/mol. The number of carbonyl (C=O) groups is 2. The highest BCUT2D eigenvalue weighted by Crippen LogP contribution is 2.25. The second kappa shape index (κ2) is 7.22. The normalized spacial score (nSPS) is 11.2. The fourth-order valence-corrected chi connectivity index (χ4v) is 3.19. The first-order valence-electron chi connectivity index (χ1n) is 6.92. The second-order valence-corrected chi connectivity index (χ2v) is 7.12. The molecular weight excluding hydrogens is 370 g/mol. The van der Waals surface area contributed by atoms with Crippen LogP contribution in [0.2, 0.25) is 5.02 Å². The van der Waals surface area contributed by atoms with Crippen LogP contribution in [-0.4, -0.2) is 31.9 Å². The van der Waals surface area contributed by atoms with Crippen LogP contribution >= 0.6 is 11.6 Å². The molecule has 9 heteroatoms. The van der Waals surface area contributed by atoms with Crippen LogP contribution in [0, 0.1) is 6.92 Å². The van der Waals surface area contributed by atoms with E-state index >= 15 is 0 Å². The number of nitrogens with two attached hydrogens (primary N) is 1. The van der Waals surface area contributed by atoms with E-state index < -0.39 is 28.4 Å². The van der Waals surface area contributed by atoms with Gasteiger partial charge in [0.25, 0.3) is 0 Å². The van der Waals surface area contributed by atoms with E-state index in [4.69, 9.17) is 26.6 Å². The van der Waals surface area contributed by atoms with Crippen LogP contribution in [0.1, 0.15) is 21.5 Å². The zero-order chi connectivity index (χ0) is 18.8. The Balaban J connectivity index is 2.35. The van der Waals surface area contributed by atoms with Crippen molar-refractivity contribution in [3.63, 3.8) is 0 Å². The van der Waals surface area contributed by atoms with Crippen LogP contribution in [0.3, 0.4) is 0 Å². The maximum atomic E-state index is 12.6. The van der Waals surface area contributed by atoms with Gasteiger partial charge < -0.3 is 9.84 Å². The van der Waals surface area contributed by atoms with Crippen molar-refractivity contribution in [3.05, 3.63) is 58.1 Å². The molecule has 0 aliphatic carbocycles. The van der Waals surface area contributed by atoms with Gasteiger partial charge in [-0.15, -0.1) is 0 Å². The minimum Gasteiger partial charge on any atom is -0.482 e. The van der Waals surface area contributed by atoms with Crippen molar-refractivity contribution in [1.29, 1.82) is 0 Å². The van der Waals surface area contributed by atoms with Crippen molar-refractivity contribution in [1.82, 2.24) is 0 Å². The number of rotatable bonds is 6. The average Bonchev–Trinajstić information content (AvgIpc) is 2.52. The summed E-state index contributed by atoms with van der Waals surface area (Å²) >= 11 is 5.80. The molecule has 0 saturated heterocycles. The van der Waals surface area contributed by atoms with Crippen molar-refractivity contribution < 1.29 is 27.9 Å². The number of hydrogen-bond donors (Lipinski definition) is 2. The van der Waals surface area contributed by atoms with Crippen LogP contribution in [0.4, 0.5) is 0 Å². The third kappa shape index (κ3) is 4.56. The molecule has 7 nitrogen and oxygen atoms in total. The molecule has 132 valence electrons. The number of carboxylic acid groups (broad SMARTS) is 1. The SMILES string of the molecule is Cc1cc(C(=O)c2ccc(Cl)c(S(N)(=O)=O)c2)ccc1OCC(=O)O. The van der Waals surface area contributed by atoms with Crippen molar-refractivity contribution in [2.24, 2.45) is 5.14 Å². The topological polar surface area (TPSA) is 124 Å². The van der Waals surface area contributed by atoms with Gasteiger partial charge in [-0.3, -0.25) is 4.79 Å². The lowest BCUT2D eigenvalue weighted by molar-refractivity contribution is -0.139. The lowest BCUT2D eigenvalue weighted by Gasteiger charge is -2.09. The van der Waals surface area contributed by atoms with Crippen molar-refractivity contribution in [2.45, 2.75) is 11.8 Å². The summed E-state index contributed by atoms with van der Waals surface area (Å²) in [7, 11) is -4.06. The number of primary sulfonamides is 1. The Morgan fingerprint density at radius 2 is 1.76 bits per heavy atom. The largest absolute Gasteiger partial charge is 0.482 e. The van der Waals surface area contributed by atoms with E-state index in [0.717, 1.165) is 6.07 Å². The van der Waals surface area contributed by atoms with Crippen LogP contribution in [-0.2, 0) is 14.8 Å². The predicted molar refractivity (Wildman–Crippen MR) is 90.6 cm³/mol. The first-order valence-corrected chi connectivity index (χ1v) is 8.84. The third-order valence-corrected chi connectivity index (χ3v) is 4.68. The molecule has 0 atom stereocenters. The van der Waals surface area contributed by atoms with E-state index in [1.807, 2.05) is 0 Å². The highest BCUT2D eigenvalue weighted by molar-refractivity contribution is 7.89. The number of halogens is 1. The standard InChI is InChI=1S/C16H14ClNO6S/c1-9-6-10(3-5-13(9)24-8-15(19)20)16(21)11-2-4-12(17)14(7-11)25(18,22)23/h2-7H,8H2,1H3,(H,19,20)(H2,18,22,23). The number of ketones is 1. The minimum atomic E-state index is -4.06. The molecular formula is C16H14ClNO6S. The van der Waals surface area contributed by atoms with Crippen LogP contribution in [0.25, 0.3) is 0 Å². The molecule has 2 aromatic carbocycles. The van der Waals surface area contributed by atoms with Gasteiger partial charge in [-0.1, -0.05) is 11.6 Å². The quantitative estimate of drug-likeness (QED) is 0.735. The molecule has 25 heavy (non-hydrogen) atoms. The fraction of sp³-hybridized carbons (Fsp3) is 0.125. The monoisotopic (exact) mass is 383 g/mol. The Hall–Kier alpha value is -2.42. The summed E-state index contributed by atoms with van der Waals surface area (Å²) in [5.74, 6) is -1.22. The van der Waals surface area contributed by atoms with Gasteiger partial charge in [0.1, 0.15) is 10.6 Å². The Labute approximate surface area is 149 Å². The smallest absolute Gasteiger partial charge is 0.341 e. The minimum absolute atomic E-state index is 0.0763. The first kappa shape index (κ1) is 18.9.